The van der Waals surface area contributed by atoms with E-state index in [0.717, 1.165) is 12.0 Å². The van der Waals surface area contributed by atoms with Crippen LogP contribution in [0.25, 0.3) is 11.3 Å². The van der Waals surface area contributed by atoms with E-state index in [-0.39, 0.29) is 9.92 Å². The van der Waals surface area contributed by atoms with Crippen molar-refractivity contribution in [3.63, 3.8) is 0 Å². The topological polar surface area (TPSA) is 81.2 Å². The van der Waals surface area contributed by atoms with Gasteiger partial charge in [0.1, 0.15) is 4.90 Å². The zero-order valence-corrected chi connectivity index (χ0v) is 16.2. The van der Waals surface area contributed by atoms with E-state index in [0.29, 0.717) is 23.9 Å². The largest absolute Gasteiger partial charge is 0.477 e. The Labute approximate surface area is 163 Å². The number of anilines is 1. The van der Waals surface area contributed by atoms with Crippen molar-refractivity contribution < 1.29 is 13.2 Å². The molecule has 0 aliphatic rings. The van der Waals surface area contributed by atoms with E-state index in [4.69, 9.17) is 16.3 Å². The molecule has 27 heavy (non-hydrogen) atoms. The second kappa shape index (κ2) is 8.37. The van der Waals surface area contributed by atoms with Crippen molar-refractivity contribution in [2.45, 2.75) is 18.2 Å². The summed E-state index contributed by atoms with van der Waals surface area (Å²) in [5.74, 6) is 0.477. The predicted molar refractivity (Wildman–Crippen MR) is 106 cm³/mol. The van der Waals surface area contributed by atoms with Crippen LogP contribution in [0.3, 0.4) is 0 Å². The van der Waals surface area contributed by atoms with E-state index >= 15 is 0 Å². The number of nitrogens with one attached hydrogen (secondary N) is 1. The fourth-order valence-electron chi connectivity index (χ4n) is 2.34. The van der Waals surface area contributed by atoms with E-state index in [2.05, 4.69) is 14.9 Å². The van der Waals surface area contributed by atoms with Gasteiger partial charge in [-0.05, 0) is 36.8 Å². The number of benzene rings is 2. The monoisotopic (exact) mass is 403 g/mol. The summed E-state index contributed by atoms with van der Waals surface area (Å²) in [5.41, 5.74) is 1.90. The fraction of sp³-hybridized carbons (Fsp3) is 0.158. The summed E-state index contributed by atoms with van der Waals surface area (Å²) in [4.78, 5) is 0.0317. The molecule has 0 spiro atoms. The predicted octanol–water partition coefficient (Wildman–Crippen LogP) is 4.39. The van der Waals surface area contributed by atoms with Crippen LogP contribution >= 0.6 is 11.6 Å². The summed E-state index contributed by atoms with van der Waals surface area (Å²) in [6.07, 6.45) is 0.898. The van der Waals surface area contributed by atoms with Crippen LogP contribution < -0.4 is 9.46 Å². The van der Waals surface area contributed by atoms with E-state index in [1.807, 2.05) is 6.92 Å². The maximum absolute atomic E-state index is 12.5. The van der Waals surface area contributed by atoms with Crippen LogP contribution in [0.1, 0.15) is 13.3 Å². The first-order chi connectivity index (χ1) is 13.0. The Kier molecular flexibility index (Phi) is 5.93. The molecule has 1 aromatic heterocycles. The Hall–Kier alpha value is -2.64. The van der Waals surface area contributed by atoms with Gasteiger partial charge in [-0.15, -0.1) is 10.2 Å². The molecule has 0 aliphatic heterocycles. The van der Waals surface area contributed by atoms with Gasteiger partial charge in [-0.1, -0.05) is 42.8 Å². The molecule has 0 aliphatic carbocycles. The first kappa shape index (κ1) is 19.1. The highest BCUT2D eigenvalue weighted by Crippen LogP contribution is 2.25. The van der Waals surface area contributed by atoms with Gasteiger partial charge < -0.3 is 4.74 Å². The quantitative estimate of drug-likeness (QED) is 0.632. The van der Waals surface area contributed by atoms with Crippen molar-refractivity contribution in [2.24, 2.45) is 0 Å². The number of halogens is 1. The third kappa shape index (κ3) is 4.75. The summed E-state index contributed by atoms with van der Waals surface area (Å²) in [7, 11) is -3.76. The molecule has 0 bridgehead atoms. The van der Waals surface area contributed by atoms with Gasteiger partial charge >= 0.3 is 0 Å². The molecular weight excluding hydrogens is 386 g/mol. The van der Waals surface area contributed by atoms with Crippen molar-refractivity contribution in [1.29, 1.82) is 0 Å². The minimum atomic E-state index is -3.76. The van der Waals surface area contributed by atoms with Crippen LogP contribution in [0, 0.1) is 0 Å². The van der Waals surface area contributed by atoms with Crippen molar-refractivity contribution >= 4 is 27.3 Å². The summed E-state index contributed by atoms with van der Waals surface area (Å²) >= 11 is 5.98. The van der Waals surface area contributed by atoms with Gasteiger partial charge in [-0.3, -0.25) is 4.72 Å². The maximum Gasteiger partial charge on any atom is 0.263 e. The number of hydrogen-bond donors (Lipinski definition) is 1. The standard InChI is InChI=1S/C19H18ClN3O3S/c1-2-13-26-19-12-11-17(21-22-19)14-7-9-15(10-8-14)23-27(24,25)18-6-4-3-5-16(18)20/h3-12,23H,2,13H2,1H3. The molecule has 1 N–H and O–H groups in total. The van der Waals surface area contributed by atoms with Crippen molar-refractivity contribution in [3.8, 4) is 17.1 Å². The molecule has 0 saturated carbocycles. The fourth-order valence-corrected chi connectivity index (χ4v) is 3.92. The molecular formula is C19H18ClN3O3S. The van der Waals surface area contributed by atoms with Crippen LogP contribution in [0.4, 0.5) is 5.69 Å². The van der Waals surface area contributed by atoms with Crippen molar-refractivity contribution in [3.05, 3.63) is 65.7 Å². The van der Waals surface area contributed by atoms with Crippen LogP contribution in [0.5, 0.6) is 5.88 Å². The lowest BCUT2D eigenvalue weighted by Gasteiger charge is -2.10. The average Bonchev–Trinajstić information content (AvgIpc) is 2.67. The Bertz CT molecular complexity index is 1010. The van der Waals surface area contributed by atoms with Gasteiger partial charge in [0.15, 0.2) is 0 Å². The second-order valence-corrected chi connectivity index (χ2v) is 7.78. The molecule has 3 rings (SSSR count). The van der Waals surface area contributed by atoms with Crippen LogP contribution in [-0.4, -0.2) is 25.2 Å². The molecule has 0 radical (unpaired) electrons. The molecule has 0 fully saturated rings. The number of ether oxygens (including phenoxy) is 1. The lowest BCUT2D eigenvalue weighted by atomic mass is 10.1. The molecule has 1 heterocycles. The van der Waals surface area contributed by atoms with E-state index in [1.165, 1.54) is 12.1 Å². The highest BCUT2D eigenvalue weighted by Gasteiger charge is 2.17. The Morgan fingerprint density at radius 3 is 2.37 bits per heavy atom. The van der Waals surface area contributed by atoms with Gasteiger partial charge in [-0.2, -0.15) is 0 Å². The first-order valence-corrected chi connectivity index (χ1v) is 10.2. The third-order valence-corrected chi connectivity index (χ3v) is 5.53. The van der Waals surface area contributed by atoms with Crippen molar-refractivity contribution in [1.82, 2.24) is 10.2 Å². The van der Waals surface area contributed by atoms with Crippen molar-refractivity contribution in [2.75, 3.05) is 11.3 Å². The number of sulfonamides is 1. The van der Waals surface area contributed by atoms with Crippen LogP contribution in [0.2, 0.25) is 5.02 Å². The number of hydrogen-bond acceptors (Lipinski definition) is 5. The van der Waals surface area contributed by atoms with E-state index in [1.54, 1.807) is 48.5 Å². The Morgan fingerprint density at radius 2 is 1.74 bits per heavy atom. The van der Waals surface area contributed by atoms with E-state index in [9.17, 15) is 8.42 Å². The zero-order valence-electron chi connectivity index (χ0n) is 14.6. The van der Waals surface area contributed by atoms with Gasteiger partial charge in [-0.25, -0.2) is 8.42 Å². The highest BCUT2D eigenvalue weighted by molar-refractivity contribution is 7.92. The summed E-state index contributed by atoms with van der Waals surface area (Å²) in [6, 6.07) is 16.7. The minimum absolute atomic E-state index is 0.0317. The summed E-state index contributed by atoms with van der Waals surface area (Å²) < 4.78 is 32.9. The SMILES string of the molecule is CCCOc1ccc(-c2ccc(NS(=O)(=O)c3ccccc3Cl)cc2)nn1. The third-order valence-electron chi connectivity index (χ3n) is 3.65. The smallest absolute Gasteiger partial charge is 0.263 e. The van der Waals surface area contributed by atoms with Crippen LogP contribution in [-0.2, 0) is 10.0 Å². The minimum Gasteiger partial charge on any atom is -0.477 e. The zero-order chi connectivity index (χ0) is 19.3. The van der Waals surface area contributed by atoms with E-state index < -0.39 is 10.0 Å². The molecule has 3 aromatic rings. The Balaban J connectivity index is 1.75. The summed E-state index contributed by atoms with van der Waals surface area (Å²) in [5, 5.41) is 8.33. The highest BCUT2D eigenvalue weighted by atomic mass is 35.5. The molecule has 0 unspecified atom stereocenters. The molecule has 2 aromatic carbocycles. The average molecular weight is 404 g/mol. The number of rotatable bonds is 7. The molecule has 0 saturated heterocycles. The maximum atomic E-state index is 12.5. The molecule has 0 amide bonds. The van der Waals surface area contributed by atoms with Gasteiger partial charge in [0.2, 0.25) is 5.88 Å². The normalized spacial score (nSPS) is 11.2. The van der Waals surface area contributed by atoms with Gasteiger partial charge in [0.05, 0.1) is 17.3 Å². The lowest BCUT2D eigenvalue weighted by molar-refractivity contribution is 0.302. The number of aromatic nitrogens is 2. The molecule has 8 heteroatoms. The van der Waals surface area contributed by atoms with Gasteiger partial charge in [0.25, 0.3) is 10.0 Å². The molecule has 0 atom stereocenters. The molecule has 140 valence electrons. The van der Waals surface area contributed by atoms with Gasteiger partial charge in [0, 0.05) is 17.3 Å². The first-order valence-electron chi connectivity index (χ1n) is 8.34. The lowest BCUT2D eigenvalue weighted by Crippen LogP contribution is -2.13. The molecule has 6 nitrogen and oxygen atoms in total. The second-order valence-electron chi connectivity index (χ2n) is 5.72. The summed E-state index contributed by atoms with van der Waals surface area (Å²) in [6.45, 7) is 2.61. The Morgan fingerprint density at radius 1 is 1.00 bits per heavy atom. The number of nitrogens with zero attached hydrogens (tertiary/aromatic N) is 2. The van der Waals surface area contributed by atoms with Crippen LogP contribution in [0.15, 0.2) is 65.6 Å².